The number of aliphatic hydroxyl groups excluding tert-OH is 1. The van der Waals surface area contributed by atoms with Crippen LogP contribution in [0.15, 0.2) is 58.6 Å². The second-order valence-corrected chi connectivity index (χ2v) is 24.2. The number of hydrogen-bond acceptors (Lipinski definition) is 13. The number of fused-ring (bicyclic) bond motifs is 5. The fourth-order valence-corrected chi connectivity index (χ4v) is 10.5. The van der Waals surface area contributed by atoms with Crippen LogP contribution in [0.3, 0.4) is 0 Å². The molecule has 4 aromatic rings. The number of carbonyl (C=O) groups is 3. The lowest BCUT2D eigenvalue weighted by molar-refractivity contribution is -0.140. The van der Waals surface area contributed by atoms with E-state index in [-0.39, 0.29) is 47.8 Å². The molecule has 0 saturated heterocycles. The minimum absolute atomic E-state index is 0.0270. The van der Waals surface area contributed by atoms with Gasteiger partial charge in [-0.2, -0.15) is 0 Å². The maximum atomic E-state index is 16.1. The van der Waals surface area contributed by atoms with Gasteiger partial charge in [0.2, 0.25) is 11.6 Å². The maximum absolute atomic E-state index is 16.1. The van der Waals surface area contributed by atoms with Crippen LogP contribution < -0.4 is 19.5 Å². The maximum Gasteiger partial charge on any atom is 0.514 e. The van der Waals surface area contributed by atoms with Crippen molar-refractivity contribution in [2.24, 2.45) is 11.8 Å². The zero-order valence-electron chi connectivity index (χ0n) is 38.1. The molecule has 1 heterocycles. The van der Waals surface area contributed by atoms with Crippen molar-refractivity contribution in [2.75, 3.05) is 27.7 Å². The number of nitrogens with zero attached hydrogens (tertiary/aromatic N) is 2. The van der Waals surface area contributed by atoms with Crippen molar-refractivity contribution in [1.82, 2.24) is 15.4 Å². The smallest absolute Gasteiger partial charge is 0.507 e. The van der Waals surface area contributed by atoms with E-state index in [1.54, 1.807) is 27.9 Å². The highest BCUT2D eigenvalue weighted by Gasteiger charge is 2.69. The minimum atomic E-state index is -2.99. The van der Waals surface area contributed by atoms with E-state index in [9.17, 15) is 9.90 Å². The monoisotopic (exact) mass is 867 g/mol. The number of aromatic nitrogens is 1. The second kappa shape index (κ2) is 16.6. The lowest BCUT2D eigenvalue weighted by Crippen LogP contribution is -2.68. The average Bonchev–Trinajstić information content (AvgIpc) is 3.60. The van der Waals surface area contributed by atoms with Gasteiger partial charge in [0.1, 0.15) is 29.3 Å². The third-order valence-corrected chi connectivity index (χ3v) is 17.2. The van der Waals surface area contributed by atoms with Crippen molar-refractivity contribution in [1.29, 1.82) is 0 Å². The van der Waals surface area contributed by atoms with Gasteiger partial charge in [0.05, 0.1) is 18.7 Å². The number of carbonyl (C=O) groups excluding carboxylic acids is 3. The van der Waals surface area contributed by atoms with Crippen LogP contribution >= 0.6 is 0 Å². The van der Waals surface area contributed by atoms with Crippen molar-refractivity contribution in [3.8, 4) is 17.4 Å². The Morgan fingerprint density at radius 1 is 0.984 bits per heavy atom. The van der Waals surface area contributed by atoms with Gasteiger partial charge in [-0.3, -0.25) is 14.5 Å². The summed E-state index contributed by atoms with van der Waals surface area (Å²) >= 11 is 0. The first-order valence-electron chi connectivity index (χ1n) is 21.5. The summed E-state index contributed by atoms with van der Waals surface area (Å²) in [7, 11) is 2.32. The summed E-state index contributed by atoms with van der Waals surface area (Å²) in [6.07, 6.45) is 0.435. The van der Waals surface area contributed by atoms with Gasteiger partial charge in [-0.15, -0.1) is 0 Å². The molecule has 3 aliphatic rings. The number of nitrogens with one attached hydrogen (secondary N) is 1. The van der Waals surface area contributed by atoms with Crippen LogP contribution in [0.1, 0.15) is 106 Å². The number of Topliss-reactive ketones (excluding diaryl/α,β-unsaturated/α-hetero) is 2. The molecule has 0 radical (unpaired) electrons. The lowest BCUT2D eigenvalue weighted by atomic mass is 9.57. The minimum Gasteiger partial charge on any atom is -0.507 e. The standard InChI is InChI=1S/C48H61N3O10Si/c1-13-21-49-25-28-19-20-30-31(22-28)40(58-45(55)59-46(2,3)4)35-32(39(30)56-10)23-29-24-33-37(51(8)9)41-36(44(50-60-41)57-26-27-17-15-14-16-18-27)43(54)48(33,42(53)34(29)38(35)52)61-62(11,12)47(5,6)7/h14-20,22,29,33,37,49,52H,13,21,23-26H2,1-12H3/t29-,33-,37-,48-/m0/s1. The Kier molecular flexibility index (Phi) is 12.0. The van der Waals surface area contributed by atoms with Crippen LogP contribution in [0.5, 0.6) is 17.4 Å². The Morgan fingerprint density at radius 2 is 1.69 bits per heavy atom. The Hall–Kier alpha value is -5.02. The van der Waals surface area contributed by atoms with Gasteiger partial charge in [-0.1, -0.05) is 70.2 Å². The summed E-state index contributed by atoms with van der Waals surface area (Å²) in [4.78, 5) is 47.3. The first kappa shape index (κ1) is 45.0. The molecular weight excluding hydrogens is 807 g/mol. The van der Waals surface area contributed by atoms with Crippen molar-refractivity contribution in [3.05, 3.63) is 87.7 Å². The molecule has 0 bridgehead atoms. The molecule has 7 rings (SSSR count). The Labute approximate surface area is 365 Å². The van der Waals surface area contributed by atoms with Gasteiger partial charge in [-0.05, 0) is 107 Å². The van der Waals surface area contributed by atoms with Crippen LogP contribution in [0.4, 0.5) is 4.79 Å². The van der Waals surface area contributed by atoms with Crippen molar-refractivity contribution >= 4 is 42.6 Å². The molecule has 1 saturated carbocycles. The Bertz CT molecular complexity index is 2430. The lowest BCUT2D eigenvalue weighted by Gasteiger charge is -2.55. The number of ether oxygens (including phenoxy) is 4. The summed E-state index contributed by atoms with van der Waals surface area (Å²) in [6.45, 7) is 18.9. The third kappa shape index (κ3) is 7.84. The van der Waals surface area contributed by atoms with E-state index in [1.165, 1.54) is 0 Å². The van der Waals surface area contributed by atoms with E-state index in [2.05, 4.69) is 17.4 Å². The number of hydrogen-bond donors (Lipinski definition) is 2. The predicted molar refractivity (Wildman–Crippen MR) is 238 cm³/mol. The van der Waals surface area contributed by atoms with Crippen LogP contribution in [-0.2, 0) is 33.5 Å². The topological polar surface area (TPSA) is 159 Å². The average molecular weight is 868 g/mol. The van der Waals surface area contributed by atoms with Gasteiger partial charge in [0, 0.05) is 34.4 Å². The molecule has 4 atom stereocenters. The third-order valence-electron chi connectivity index (χ3n) is 12.8. The largest absolute Gasteiger partial charge is 0.514 e. The molecule has 62 heavy (non-hydrogen) atoms. The van der Waals surface area contributed by atoms with Gasteiger partial charge in [0.25, 0.3) is 5.88 Å². The molecule has 1 aromatic heterocycles. The number of methoxy groups -OCH3 is 1. The highest BCUT2D eigenvalue weighted by atomic mass is 28.4. The fourth-order valence-electron chi connectivity index (χ4n) is 9.03. The number of benzene rings is 3. The molecule has 3 aliphatic carbocycles. The van der Waals surface area contributed by atoms with Gasteiger partial charge < -0.3 is 38.3 Å². The van der Waals surface area contributed by atoms with Crippen molar-refractivity contribution < 1.29 is 47.4 Å². The van der Waals surface area contributed by atoms with E-state index in [0.717, 1.165) is 24.1 Å². The Balaban J connectivity index is 1.47. The molecule has 14 heteroatoms. The van der Waals surface area contributed by atoms with E-state index >= 15 is 9.59 Å². The molecule has 2 N–H and O–H groups in total. The highest BCUT2D eigenvalue weighted by molar-refractivity contribution is 6.74. The number of ketones is 2. The SMILES string of the molecule is CCCNCc1ccc2c(OC)c3c(c(OC(=O)OC(C)(C)C)c2c1)C(O)=C1C(=O)[C@]2(O[Si](C)(C)C(C)(C)C)C(=O)c4c(OCc5ccccc5)noc4[C@@H](N(C)C)[C@@H]2C[C@@H]1C3. The van der Waals surface area contributed by atoms with E-state index < -0.39 is 65.9 Å². The molecule has 332 valence electrons. The van der Waals surface area contributed by atoms with Crippen LogP contribution in [0.2, 0.25) is 18.1 Å². The zero-order chi connectivity index (χ0) is 45.1. The second-order valence-electron chi connectivity index (χ2n) is 19.5. The van der Waals surface area contributed by atoms with Crippen LogP contribution in [-0.4, -0.2) is 80.2 Å². The van der Waals surface area contributed by atoms with E-state index in [4.69, 9.17) is 27.9 Å². The first-order chi connectivity index (χ1) is 29.1. The highest BCUT2D eigenvalue weighted by Crippen LogP contribution is 2.60. The first-order valence-corrected chi connectivity index (χ1v) is 24.4. The van der Waals surface area contributed by atoms with Crippen molar-refractivity contribution in [2.45, 2.75) is 116 Å². The summed E-state index contributed by atoms with van der Waals surface area (Å²) in [5.74, 6) is -2.27. The summed E-state index contributed by atoms with van der Waals surface area (Å²) < 4.78 is 37.5. The van der Waals surface area contributed by atoms with Crippen molar-refractivity contribution in [3.63, 3.8) is 0 Å². The van der Waals surface area contributed by atoms with Crippen LogP contribution in [0.25, 0.3) is 16.5 Å². The number of aliphatic hydroxyl groups is 1. The predicted octanol–water partition coefficient (Wildman–Crippen LogP) is 9.52. The summed E-state index contributed by atoms with van der Waals surface area (Å²) in [5, 5.41) is 21.3. The quantitative estimate of drug-likeness (QED) is 0.0456. The van der Waals surface area contributed by atoms with Crippen LogP contribution in [0, 0.1) is 11.8 Å². The molecule has 13 nitrogen and oxygen atoms in total. The fraction of sp³-hybridized carbons (Fsp3) is 0.500. The molecule has 0 unspecified atom stereocenters. The molecule has 0 aliphatic heterocycles. The van der Waals surface area contributed by atoms with Gasteiger partial charge in [0.15, 0.2) is 25.4 Å². The van der Waals surface area contributed by atoms with Gasteiger partial charge >= 0.3 is 6.16 Å². The molecule has 1 fully saturated rings. The summed E-state index contributed by atoms with van der Waals surface area (Å²) in [5.41, 5.74) is -0.480. The molecule has 0 spiro atoms. The van der Waals surface area contributed by atoms with E-state index in [1.807, 2.05) is 101 Å². The molecular formula is C48H61N3O10Si. The summed E-state index contributed by atoms with van der Waals surface area (Å²) in [6, 6.07) is 14.6. The normalized spacial score (nSPS) is 21.3. The Morgan fingerprint density at radius 3 is 2.32 bits per heavy atom. The zero-order valence-corrected chi connectivity index (χ0v) is 39.1. The van der Waals surface area contributed by atoms with Gasteiger partial charge in [-0.25, -0.2) is 4.79 Å². The number of rotatable bonds is 12. The molecule has 3 aromatic carbocycles. The van der Waals surface area contributed by atoms with E-state index in [0.29, 0.717) is 34.4 Å². The molecule has 0 amide bonds.